The van der Waals surface area contributed by atoms with Crippen LogP contribution < -0.4 is 0 Å². The van der Waals surface area contributed by atoms with Crippen LogP contribution in [0.3, 0.4) is 0 Å². The van der Waals surface area contributed by atoms with Crippen molar-refractivity contribution in [1.82, 2.24) is 0 Å². The standard InChI is InChI=1S/C25H38O5/c1-3-4-14-19-17-18-20(23-22(19)24(27)30-25(23)28)15-12-10-8-6-5-7-9-11-13-16-21(26)29-2/h12,15,17-20,22-23H,3-11,13-14,16H2,1-2H3/b15-12-. The summed E-state index contributed by atoms with van der Waals surface area (Å²) >= 11 is 0. The normalized spacial score (nSPS) is 25.5. The van der Waals surface area contributed by atoms with Crippen molar-refractivity contribution in [3.8, 4) is 0 Å². The van der Waals surface area contributed by atoms with Crippen molar-refractivity contribution in [2.75, 3.05) is 7.11 Å². The molecule has 1 aliphatic heterocycles. The minimum atomic E-state index is -0.349. The van der Waals surface area contributed by atoms with E-state index in [9.17, 15) is 14.4 Å². The highest BCUT2D eigenvalue weighted by molar-refractivity contribution is 5.97. The molecule has 0 saturated carbocycles. The lowest BCUT2D eigenvalue weighted by Crippen LogP contribution is -2.33. The number of esters is 3. The van der Waals surface area contributed by atoms with E-state index < -0.39 is 0 Å². The molecule has 2 rings (SSSR count). The lowest BCUT2D eigenvalue weighted by Gasteiger charge is -2.29. The molecule has 1 aliphatic carbocycles. The second-order valence-corrected chi connectivity index (χ2v) is 8.58. The van der Waals surface area contributed by atoms with Crippen LogP contribution in [-0.2, 0) is 23.9 Å². The topological polar surface area (TPSA) is 69.7 Å². The zero-order chi connectivity index (χ0) is 21.8. The first-order chi connectivity index (χ1) is 14.6. The first kappa shape index (κ1) is 24.4. The summed E-state index contributed by atoms with van der Waals surface area (Å²) in [7, 11) is 1.43. The zero-order valence-corrected chi connectivity index (χ0v) is 18.6. The van der Waals surface area contributed by atoms with Gasteiger partial charge in [0.1, 0.15) is 0 Å². The van der Waals surface area contributed by atoms with E-state index in [1.807, 2.05) is 0 Å². The molecular weight excluding hydrogens is 380 g/mol. The first-order valence-corrected chi connectivity index (χ1v) is 11.8. The van der Waals surface area contributed by atoms with Crippen molar-refractivity contribution in [1.29, 1.82) is 0 Å². The molecule has 0 N–H and O–H groups in total. The molecule has 0 aromatic heterocycles. The van der Waals surface area contributed by atoms with Gasteiger partial charge in [-0.05, 0) is 31.6 Å². The van der Waals surface area contributed by atoms with Crippen LogP contribution in [0.15, 0.2) is 24.3 Å². The quantitative estimate of drug-likeness (QED) is 0.160. The van der Waals surface area contributed by atoms with Crippen molar-refractivity contribution in [2.45, 2.75) is 84.0 Å². The Kier molecular flexibility index (Phi) is 10.9. The molecule has 2 aliphatic rings. The molecule has 0 bridgehead atoms. The third-order valence-electron chi connectivity index (χ3n) is 6.32. The predicted molar refractivity (Wildman–Crippen MR) is 116 cm³/mol. The Labute approximate surface area is 181 Å². The van der Waals surface area contributed by atoms with Gasteiger partial charge in [-0.15, -0.1) is 0 Å². The maximum atomic E-state index is 12.2. The molecule has 30 heavy (non-hydrogen) atoms. The summed E-state index contributed by atoms with van der Waals surface area (Å²) in [6, 6.07) is 0. The lowest BCUT2D eigenvalue weighted by atomic mass is 9.70. The largest absolute Gasteiger partial charge is 0.469 e. The molecule has 4 atom stereocenters. The fraction of sp³-hybridized carbons (Fsp3) is 0.720. The number of ether oxygens (including phenoxy) is 2. The van der Waals surface area contributed by atoms with Gasteiger partial charge in [0.25, 0.3) is 0 Å². The molecule has 0 amide bonds. The fourth-order valence-electron chi connectivity index (χ4n) is 4.55. The van der Waals surface area contributed by atoms with Crippen LogP contribution >= 0.6 is 0 Å². The van der Waals surface area contributed by atoms with Crippen LogP contribution in [0.1, 0.15) is 84.0 Å². The highest BCUT2D eigenvalue weighted by Crippen LogP contribution is 2.42. The third kappa shape index (κ3) is 7.41. The number of unbranched alkanes of at least 4 members (excludes halogenated alkanes) is 8. The predicted octanol–water partition coefficient (Wildman–Crippen LogP) is 5.53. The van der Waals surface area contributed by atoms with Crippen LogP contribution in [0.5, 0.6) is 0 Å². The van der Waals surface area contributed by atoms with Gasteiger partial charge < -0.3 is 9.47 Å². The minimum absolute atomic E-state index is 0.0263. The molecule has 0 radical (unpaired) electrons. The average molecular weight is 419 g/mol. The first-order valence-electron chi connectivity index (χ1n) is 11.8. The zero-order valence-electron chi connectivity index (χ0n) is 18.6. The summed E-state index contributed by atoms with van der Waals surface area (Å²) < 4.78 is 9.63. The maximum absolute atomic E-state index is 12.2. The van der Waals surface area contributed by atoms with Gasteiger partial charge in [-0.3, -0.25) is 14.4 Å². The summed E-state index contributed by atoms with van der Waals surface area (Å²) in [5.41, 5.74) is 0. The van der Waals surface area contributed by atoms with Crippen LogP contribution in [0.2, 0.25) is 0 Å². The number of carbonyl (C=O) groups is 3. The number of cyclic esters (lactones) is 2. The van der Waals surface area contributed by atoms with E-state index >= 15 is 0 Å². The highest BCUT2D eigenvalue weighted by atomic mass is 16.6. The molecular formula is C25H38O5. The van der Waals surface area contributed by atoms with Gasteiger partial charge in [0, 0.05) is 12.3 Å². The van der Waals surface area contributed by atoms with Crippen LogP contribution in [0.25, 0.3) is 0 Å². The lowest BCUT2D eigenvalue weighted by molar-refractivity contribution is -0.154. The smallest absolute Gasteiger partial charge is 0.318 e. The third-order valence-corrected chi connectivity index (χ3v) is 6.32. The Balaban J connectivity index is 1.65. The second kappa shape index (κ2) is 13.4. The average Bonchev–Trinajstić information content (AvgIpc) is 3.05. The van der Waals surface area contributed by atoms with Crippen molar-refractivity contribution < 1.29 is 23.9 Å². The Hall–Kier alpha value is -1.91. The number of hydrogen-bond acceptors (Lipinski definition) is 5. The van der Waals surface area contributed by atoms with E-state index in [-0.39, 0.29) is 41.6 Å². The van der Waals surface area contributed by atoms with Gasteiger partial charge >= 0.3 is 17.9 Å². The SMILES string of the molecule is CCCCC1C=CC(/C=C\CCCCCCCCCC(=O)OC)C2C(=O)OC(=O)C12. The van der Waals surface area contributed by atoms with E-state index in [2.05, 4.69) is 36.0 Å². The molecule has 0 aromatic carbocycles. The van der Waals surface area contributed by atoms with Crippen molar-refractivity contribution in [2.24, 2.45) is 23.7 Å². The summed E-state index contributed by atoms with van der Waals surface area (Å²) in [6.07, 6.45) is 21.0. The molecule has 168 valence electrons. The van der Waals surface area contributed by atoms with Gasteiger partial charge in [0.05, 0.1) is 18.9 Å². The van der Waals surface area contributed by atoms with Crippen molar-refractivity contribution >= 4 is 17.9 Å². The number of hydrogen-bond donors (Lipinski definition) is 0. The number of carbonyl (C=O) groups excluding carboxylic acids is 3. The van der Waals surface area contributed by atoms with E-state index in [4.69, 9.17) is 4.74 Å². The molecule has 1 fully saturated rings. The molecule has 1 saturated heterocycles. The van der Waals surface area contributed by atoms with Gasteiger partial charge in [0.15, 0.2) is 0 Å². The van der Waals surface area contributed by atoms with Gasteiger partial charge in [-0.2, -0.15) is 0 Å². The Bertz CT molecular complexity index is 621. The van der Waals surface area contributed by atoms with Crippen LogP contribution in [0, 0.1) is 23.7 Å². The van der Waals surface area contributed by atoms with E-state index in [1.165, 1.54) is 26.4 Å². The Morgan fingerprint density at radius 1 is 0.967 bits per heavy atom. The molecule has 1 heterocycles. The van der Waals surface area contributed by atoms with Gasteiger partial charge in [-0.25, -0.2) is 0 Å². The molecule has 5 nitrogen and oxygen atoms in total. The van der Waals surface area contributed by atoms with E-state index in [1.54, 1.807) is 0 Å². The molecule has 4 unspecified atom stereocenters. The van der Waals surface area contributed by atoms with Crippen LogP contribution in [-0.4, -0.2) is 25.0 Å². The summed E-state index contributed by atoms with van der Waals surface area (Å²) in [5, 5.41) is 0. The van der Waals surface area contributed by atoms with Gasteiger partial charge in [0.2, 0.25) is 0 Å². The molecule has 5 heteroatoms. The summed E-state index contributed by atoms with van der Waals surface area (Å²) in [6.45, 7) is 2.14. The number of methoxy groups -OCH3 is 1. The van der Waals surface area contributed by atoms with Crippen LogP contribution in [0.4, 0.5) is 0 Å². The monoisotopic (exact) mass is 418 g/mol. The Morgan fingerprint density at radius 3 is 2.33 bits per heavy atom. The fourth-order valence-corrected chi connectivity index (χ4v) is 4.55. The minimum Gasteiger partial charge on any atom is -0.469 e. The van der Waals surface area contributed by atoms with E-state index in [0.29, 0.717) is 6.42 Å². The molecule has 0 spiro atoms. The number of fused-ring (bicyclic) bond motifs is 1. The van der Waals surface area contributed by atoms with Crippen molar-refractivity contribution in [3.05, 3.63) is 24.3 Å². The number of rotatable bonds is 14. The second-order valence-electron chi connectivity index (χ2n) is 8.58. The Morgan fingerprint density at radius 2 is 1.63 bits per heavy atom. The van der Waals surface area contributed by atoms with E-state index in [0.717, 1.165) is 51.4 Å². The number of allylic oxidation sites excluding steroid dienone is 4. The summed E-state index contributed by atoms with van der Waals surface area (Å²) in [5.74, 6) is -1.34. The van der Waals surface area contributed by atoms with Crippen molar-refractivity contribution in [3.63, 3.8) is 0 Å². The molecule has 0 aromatic rings. The highest BCUT2D eigenvalue weighted by Gasteiger charge is 2.51. The maximum Gasteiger partial charge on any atom is 0.318 e. The van der Waals surface area contributed by atoms with Gasteiger partial charge in [-0.1, -0.05) is 76.2 Å². The summed E-state index contributed by atoms with van der Waals surface area (Å²) in [4.78, 5) is 35.5.